The highest BCUT2D eigenvalue weighted by molar-refractivity contribution is 5.86. The number of carboxylic acids is 3. The van der Waals surface area contributed by atoms with Crippen LogP contribution in [0.2, 0.25) is 0 Å². The van der Waals surface area contributed by atoms with Crippen LogP contribution >= 0.6 is 0 Å². The quantitative estimate of drug-likeness (QED) is 0.0263. The van der Waals surface area contributed by atoms with Crippen molar-refractivity contribution in [1.82, 2.24) is 31.5 Å². The molecule has 8 N–H and O–H groups in total. The summed E-state index contributed by atoms with van der Waals surface area (Å²) in [6.45, 7) is 21.8. The van der Waals surface area contributed by atoms with E-state index >= 15 is 0 Å². The lowest BCUT2D eigenvalue weighted by atomic mass is 9.98. The van der Waals surface area contributed by atoms with Gasteiger partial charge in [0, 0.05) is 51.9 Å². The number of hydrogen-bond donors (Lipinski definition) is 8. The number of aliphatic carboxylic acids is 3. The van der Waals surface area contributed by atoms with Crippen LogP contribution in [-0.2, 0) is 52.5 Å². The summed E-state index contributed by atoms with van der Waals surface area (Å²) in [5.74, 6) is -5.49. The van der Waals surface area contributed by atoms with E-state index in [-0.39, 0.29) is 76.0 Å². The third-order valence-corrected chi connectivity index (χ3v) is 19.9. The summed E-state index contributed by atoms with van der Waals surface area (Å²) in [5.41, 5.74) is -2.17. The highest BCUT2D eigenvalue weighted by Crippen LogP contribution is 2.36. The fraction of sp³-hybridized carbons (Fsp3) is 0.912. The van der Waals surface area contributed by atoms with Crippen molar-refractivity contribution in [1.29, 1.82) is 0 Å². The molecular weight excluding hydrogens is 1280 g/mol. The highest BCUT2D eigenvalue weighted by Gasteiger charge is 2.40. The number of carboxylic acid groups (broad SMARTS) is 3. The molecule has 1 heterocycles. The third-order valence-electron chi connectivity index (χ3n) is 19.9. The molecule has 5 atom stereocenters. The van der Waals surface area contributed by atoms with Crippen molar-refractivity contribution in [2.75, 3.05) is 66.2 Å². The Morgan fingerprint density at radius 3 is 1.47 bits per heavy atom. The van der Waals surface area contributed by atoms with Gasteiger partial charge in [-0.25, -0.2) is 14.4 Å². The maximum atomic E-state index is 13.1. The molecule has 1 aliphatic heterocycles. The van der Waals surface area contributed by atoms with E-state index in [1.165, 1.54) is 205 Å². The van der Waals surface area contributed by atoms with Gasteiger partial charge in [-0.05, 0) is 112 Å². The molecule has 0 saturated carbocycles. The zero-order chi connectivity index (χ0) is 74.9. The van der Waals surface area contributed by atoms with Crippen molar-refractivity contribution in [3.8, 4) is 0 Å². The maximum absolute atomic E-state index is 13.1. The molecule has 0 aliphatic carbocycles. The number of amides is 5. The fourth-order valence-electron chi connectivity index (χ4n) is 12.8. The second kappa shape index (κ2) is 59.0. The van der Waals surface area contributed by atoms with Gasteiger partial charge in [-0.1, -0.05) is 227 Å². The molecule has 3 unspecified atom stereocenters. The molecule has 0 aromatic rings. The molecule has 1 rings (SSSR count). The lowest BCUT2D eigenvalue weighted by Crippen LogP contribution is -2.51. The molecule has 592 valence electrons. The molecule has 0 bridgehead atoms. The van der Waals surface area contributed by atoms with E-state index in [0.29, 0.717) is 38.8 Å². The average Bonchev–Trinajstić information content (AvgIpc) is 1.70. The number of ether oxygens (including phenoxy) is 5. The second-order valence-corrected chi connectivity index (χ2v) is 31.1. The van der Waals surface area contributed by atoms with E-state index in [9.17, 15) is 43.8 Å². The van der Waals surface area contributed by atoms with Gasteiger partial charge in [-0.3, -0.25) is 19.2 Å². The van der Waals surface area contributed by atoms with Gasteiger partial charge < -0.3 is 70.5 Å². The zero-order valence-electron chi connectivity index (χ0n) is 65.9. The van der Waals surface area contributed by atoms with Crippen LogP contribution < -0.4 is 26.6 Å². The molecule has 101 heavy (non-hydrogen) atoms. The van der Waals surface area contributed by atoms with Crippen molar-refractivity contribution in [2.45, 2.75) is 398 Å². The Morgan fingerprint density at radius 2 is 0.990 bits per heavy atom. The standard InChI is InChI=1S/C80H152N6O15/c1-11-14-16-18-20-22-24-26-28-30-32-34-36-38-40-45-54-80(55-46-41-39-37-35-33-31-29-27-25-23-21-19-17-15-12-2)99-63-67(101-80)53-59-86(10)58-48-42-43-50-70(87)83-64-79(9,13-3)100-65-78(7,8)97-60-57-82-73(91)66(4)62-98-77(5,6)61-71(88)81-56-47-44-49-68(74(92)93)84-76(96)85-69(75(94)95)51-52-72(89)90/h66-69H,11-65H2,1-10H3,(H,81,88)(H,82,91)(H,83,87)(H,89,90)(H,92,93)(H,94,95)(H2,84,85,96)/t66?,67?,68-,69-,79?/m1/s1. The Balaban J connectivity index is 2.40. The van der Waals surface area contributed by atoms with E-state index in [2.05, 4.69) is 52.4 Å². The molecule has 0 radical (unpaired) electrons. The lowest BCUT2D eigenvalue weighted by molar-refractivity contribution is -0.180. The normalized spacial score (nSPS) is 15.4. The monoisotopic (exact) mass is 1440 g/mol. The summed E-state index contributed by atoms with van der Waals surface area (Å²) in [6.07, 6.45) is 50.8. The van der Waals surface area contributed by atoms with E-state index in [0.717, 1.165) is 51.6 Å². The maximum Gasteiger partial charge on any atom is 0.326 e. The molecular formula is C80H152N6O15. The SMILES string of the molecule is CCCCCCCCCCCCCCCCCCC1(CCCCCCCCCCCCCCCCCC)OCC(CCN(C)CCCCCC(=O)NCC(C)(CC)OCC(C)(C)OCCNC(=O)C(C)COC(C)(C)CC(=O)NCCCC[C@@H](NC(=O)N[C@H](CCC(=O)O)C(=O)O)C(=O)O)O1. The van der Waals surface area contributed by atoms with Crippen molar-refractivity contribution in [3.05, 3.63) is 0 Å². The van der Waals surface area contributed by atoms with Gasteiger partial charge in [-0.15, -0.1) is 0 Å². The smallest absolute Gasteiger partial charge is 0.326 e. The van der Waals surface area contributed by atoms with Crippen LogP contribution in [0.15, 0.2) is 0 Å². The minimum atomic E-state index is -1.51. The van der Waals surface area contributed by atoms with Gasteiger partial charge in [0.2, 0.25) is 17.7 Å². The average molecular weight is 1440 g/mol. The predicted octanol–water partition coefficient (Wildman–Crippen LogP) is 16.7. The van der Waals surface area contributed by atoms with Crippen molar-refractivity contribution in [2.24, 2.45) is 5.92 Å². The zero-order valence-corrected chi connectivity index (χ0v) is 65.9. The van der Waals surface area contributed by atoms with Gasteiger partial charge in [0.25, 0.3) is 0 Å². The summed E-state index contributed by atoms with van der Waals surface area (Å²) < 4.78 is 32.1. The predicted molar refractivity (Wildman–Crippen MR) is 405 cm³/mol. The number of carbonyl (C=O) groups is 7. The number of rotatable bonds is 71. The molecule has 0 spiro atoms. The van der Waals surface area contributed by atoms with Crippen molar-refractivity contribution in [3.63, 3.8) is 0 Å². The fourth-order valence-corrected chi connectivity index (χ4v) is 12.8. The lowest BCUT2D eigenvalue weighted by Gasteiger charge is -2.34. The number of nitrogens with zero attached hydrogens (tertiary/aromatic N) is 1. The van der Waals surface area contributed by atoms with Gasteiger partial charge >= 0.3 is 23.9 Å². The second-order valence-electron chi connectivity index (χ2n) is 31.1. The molecule has 1 aliphatic rings. The van der Waals surface area contributed by atoms with Crippen LogP contribution in [-0.4, -0.2) is 169 Å². The van der Waals surface area contributed by atoms with Crippen LogP contribution in [0.25, 0.3) is 0 Å². The van der Waals surface area contributed by atoms with Crippen LogP contribution in [0.4, 0.5) is 4.79 Å². The Labute approximate surface area is 613 Å². The van der Waals surface area contributed by atoms with E-state index < -0.39 is 71.0 Å². The molecule has 5 amide bonds. The first kappa shape index (κ1) is 94.9. The highest BCUT2D eigenvalue weighted by atomic mass is 16.7. The number of hydrogen-bond acceptors (Lipinski definition) is 13. The number of nitrogens with one attached hydrogen (secondary N) is 5. The summed E-state index contributed by atoms with van der Waals surface area (Å²) in [7, 11) is 2.20. The largest absolute Gasteiger partial charge is 0.481 e. The Kier molecular flexibility index (Phi) is 55.5. The topological polar surface area (TPSA) is 290 Å². The molecule has 0 aromatic carbocycles. The van der Waals surface area contributed by atoms with Crippen LogP contribution in [0.3, 0.4) is 0 Å². The number of urea groups is 1. The molecule has 21 nitrogen and oxygen atoms in total. The van der Waals surface area contributed by atoms with Gasteiger partial charge in [-0.2, -0.15) is 0 Å². The number of carbonyl (C=O) groups excluding carboxylic acids is 4. The first-order chi connectivity index (χ1) is 48.3. The Morgan fingerprint density at radius 1 is 0.515 bits per heavy atom. The minimum absolute atomic E-state index is 0.00515. The first-order valence-corrected chi connectivity index (χ1v) is 40.8. The van der Waals surface area contributed by atoms with E-state index in [4.69, 9.17) is 28.8 Å². The van der Waals surface area contributed by atoms with Gasteiger partial charge in [0.05, 0.1) is 61.7 Å². The summed E-state index contributed by atoms with van der Waals surface area (Å²) >= 11 is 0. The molecule has 21 heteroatoms. The van der Waals surface area contributed by atoms with Crippen LogP contribution in [0, 0.1) is 5.92 Å². The first-order valence-electron chi connectivity index (χ1n) is 40.8. The molecule has 1 saturated heterocycles. The summed E-state index contributed by atoms with van der Waals surface area (Å²) in [5, 5.41) is 40.7. The van der Waals surface area contributed by atoms with Gasteiger partial charge in [0.15, 0.2) is 5.79 Å². The Bertz CT molecular complexity index is 2120. The van der Waals surface area contributed by atoms with Crippen molar-refractivity contribution < 1.29 is 72.6 Å². The van der Waals surface area contributed by atoms with Crippen LogP contribution in [0.5, 0.6) is 0 Å². The van der Waals surface area contributed by atoms with E-state index in [1.54, 1.807) is 20.8 Å². The molecule has 0 aromatic heterocycles. The summed E-state index contributed by atoms with van der Waals surface area (Å²) in [4.78, 5) is 87.4. The van der Waals surface area contributed by atoms with E-state index in [1.807, 2.05) is 27.7 Å². The molecule has 1 fully saturated rings. The van der Waals surface area contributed by atoms with Crippen molar-refractivity contribution >= 4 is 41.7 Å². The van der Waals surface area contributed by atoms with Gasteiger partial charge in [0.1, 0.15) is 12.1 Å². The van der Waals surface area contributed by atoms with Crippen LogP contribution in [0.1, 0.15) is 358 Å². The summed E-state index contributed by atoms with van der Waals surface area (Å²) in [6, 6.07) is -3.91. The minimum Gasteiger partial charge on any atom is -0.481 e. The Hall–Kier alpha value is -4.15. The number of unbranched alkanes of at least 4 members (excludes halogenated alkanes) is 33. The third kappa shape index (κ3) is 53.3.